The van der Waals surface area contributed by atoms with Crippen LogP contribution in [0.15, 0.2) is 57.8 Å². The number of amides is 1. The average Bonchev–Trinajstić information content (AvgIpc) is 3.05. The number of benzene rings is 2. The lowest BCUT2D eigenvalue weighted by atomic mass is 10.2. The Bertz CT molecular complexity index is 959. The standard InChI is InChI=1S/C18H17N3O5/c1-3-25-15-7-5-4-6-14(15)19-17(22)16-18(23)26-20-21(16)12-8-10-13(24-2)11-9-12/h4-11H,3H2,1-2H3,(H-,19,20,22,23)/p+1. The van der Waals surface area contributed by atoms with E-state index in [4.69, 9.17) is 14.0 Å². The molecule has 2 N–H and O–H groups in total. The summed E-state index contributed by atoms with van der Waals surface area (Å²) in [5.41, 5.74) is 0.0230. The number of hydrogen-bond acceptors (Lipinski definition) is 5. The molecule has 3 rings (SSSR count). The molecule has 0 bridgehead atoms. The number of methoxy groups -OCH3 is 1. The fourth-order valence-electron chi connectivity index (χ4n) is 2.41. The summed E-state index contributed by atoms with van der Waals surface area (Å²) in [5.74, 6) is 0.541. The number of ether oxygens (including phenoxy) is 2. The fourth-order valence-corrected chi connectivity index (χ4v) is 2.41. The van der Waals surface area contributed by atoms with Gasteiger partial charge in [-0.25, -0.2) is 4.79 Å². The summed E-state index contributed by atoms with van der Waals surface area (Å²) < 4.78 is 16.7. The number of anilines is 1. The Morgan fingerprint density at radius 1 is 1.19 bits per heavy atom. The predicted molar refractivity (Wildman–Crippen MR) is 93.0 cm³/mol. The van der Waals surface area contributed by atoms with Gasteiger partial charge in [0.2, 0.25) is 5.69 Å². The Morgan fingerprint density at radius 2 is 1.92 bits per heavy atom. The smallest absolute Gasteiger partial charge is 0.441 e. The normalized spacial score (nSPS) is 10.4. The lowest BCUT2D eigenvalue weighted by Crippen LogP contribution is -2.42. The van der Waals surface area contributed by atoms with Crippen LogP contribution in [-0.4, -0.2) is 24.9 Å². The van der Waals surface area contributed by atoms with Crippen molar-refractivity contribution >= 4 is 11.6 Å². The molecule has 134 valence electrons. The summed E-state index contributed by atoms with van der Waals surface area (Å²) in [5, 5.41) is 5.11. The van der Waals surface area contributed by atoms with Crippen LogP contribution in [0.4, 0.5) is 5.69 Å². The molecule has 0 unspecified atom stereocenters. The fraction of sp³-hybridized carbons (Fsp3) is 0.167. The lowest BCUT2D eigenvalue weighted by Gasteiger charge is -2.09. The third-order valence-electron chi connectivity index (χ3n) is 3.63. The van der Waals surface area contributed by atoms with E-state index in [1.165, 1.54) is 4.68 Å². The third kappa shape index (κ3) is 3.44. The summed E-state index contributed by atoms with van der Waals surface area (Å²) in [7, 11) is 1.55. The van der Waals surface area contributed by atoms with Gasteiger partial charge in [0.25, 0.3) is 0 Å². The van der Waals surface area contributed by atoms with Gasteiger partial charge in [-0.3, -0.25) is 9.32 Å². The predicted octanol–water partition coefficient (Wildman–Crippen LogP) is 1.90. The first-order valence-corrected chi connectivity index (χ1v) is 7.95. The third-order valence-corrected chi connectivity index (χ3v) is 3.63. The van der Waals surface area contributed by atoms with E-state index in [9.17, 15) is 9.59 Å². The first kappa shape index (κ1) is 17.3. The van der Waals surface area contributed by atoms with E-state index < -0.39 is 11.5 Å². The van der Waals surface area contributed by atoms with Crippen LogP contribution in [0.3, 0.4) is 0 Å². The molecule has 0 radical (unpaired) electrons. The SMILES string of the molecule is CCOc1ccccc1NC(=O)c1c(=O)o[nH][n+]1-c1ccc(OC)cc1. The molecule has 8 nitrogen and oxygen atoms in total. The number of rotatable bonds is 6. The molecule has 0 atom stereocenters. The lowest BCUT2D eigenvalue weighted by molar-refractivity contribution is -0.672. The highest BCUT2D eigenvalue weighted by atomic mass is 16.5. The molecule has 8 heteroatoms. The van der Waals surface area contributed by atoms with Crippen molar-refractivity contribution in [1.29, 1.82) is 0 Å². The number of aromatic amines is 1. The molecule has 0 spiro atoms. The van der Waals surface area contributed by atoms with E-state index in [-0.39, 0.29) is 5.69 Å². The highest BCUT2D eigenvalue weighted by molar-refractivity contribution is 6.02. The van der Waals surface area contributed by atoms with Crippen LogP contribution < -0.4 is 25.1 Å². The number of nitrogens with zero attached hydrogens (tertiary/aromatic N) is 1. The zero-order valence-corrected chi connectivity index (χ0v) is 14.3. The zero-order valence-electron chi connectivity index (χ0n) is 14.3. The number of nitrogens with one attached hydrogen (secondary N) is 2. The number of hydrogen-bond donors (Lipinski definition) is 2. The van der Waals surface area contributed by atoms with E-state index in [0.29, 0.717) is 29.5 Å². The van der Waals surface area contributed by atoms with Crippen LogP contribution >= 0.6 is 0 Å². The number of aromatic nitrogens is 2. The second-order valence-electron chi connectivity index (χ2n) is 5.25. The second kappa shape index (κ2) is 7.56. The molecular formula is C18H18N3O5+. The number of carbonyl (C=O) groups is 1. The van der Waals surface area contributed by atoms with Crippen LogP contribution in [-0.2, 0) is 0 Å². The van der Waals surface area contributed by atoms with Gasteiger partial charge in [-0.2, -0.15) is 0 Å². The maximum absolute atomic E-state index is 12.7. The minimum Gasteiger partial charge on any atom is -0.497 e. The van der Waals surface area contributed by atoms with Crippen LogP contribution in [0.1, 0.15) is 17.4 Å². The van der Waals surface area contributed by atoms with Crippen molar-refractivity contribution in [3.05, 3.63) is 64.6 Å². The minimum absolute atomic E-state index is 0.193. The average molecular weight is 356 g/mol. The molecule has 1 amide bonds. The molecular weight excluding hydrogens is 338 g/mol. The van der Waals surface area contributed by atoms with Crippen molar-refractivity contribution in [3.8, 4) is 17.2 Å². The van der Waals surface area contributed by atoms with Gasteiger partial charge in [0.15, 0.2) is 0 Å². The Balaban J connectivity index is 1.93. The van der Waals surface area contributed by atoms with Gasteiger partial charge in [0.05, 0.1) is 19.4 Å². The van der Waals surface area contributed by atoms with Gasteiger partial charge in [0.1, 0.15) is 11.5 Å². The number of para-hydroxylation sites is 2. The molecule has 26 heavy (non-hydrogen) atoms. The molecule has 0 aliphatic rings. The summed E-state index contributed by atoms with van der Waals surface area (Å²) >= 11 is 0. The summed E-state index contributed by atoms with van der Waals surface area (Å²) in [4.78, 5) is 24.7. The number of carbonyl (C=O) groups excluding carboxylic acids is 1. The molecule has 0 aliphatic carbocycles. The topological polar surface area (TPSA) is 97.4 Å². The van der Waals surface area contributed by atoms with E-state index >= 15 is 0 Å². The second-order valence-corrected chi connectivity index (χ2v) is 5.25. The van der Waals surface area contributed by atoms with Gasteiger partial charge >= 0.3 is 17.2 Å². The molecule has 0 saturated heterocycles. The van der Waals surface area contributed by atoms with Gasteiger partial charge in [-0.15, -0.1) is 0 Å². The van der Waals surface area contributed by atoms with Gasteiger partial charge in [-0.1, -0.05) is 12.1 Å². The quantitative estimate of drug-likeness (QED) is 0.658. The zero-order chi connectivity index (χ0) is 18.5. The highest BCUT2D eigenvalue weighted by Crippen LogP contribution is 2.23. The molecule has 0 aliphatic heterocycles. The molecule has 0 fully saturated rings. The van der Waals surface area contributed by atoms with Crippen molar-refractivity contribution < 1.29 is 23.5 Å². The van der Waals surface area contributed by atoms with E-state index in [0.717, 1.165) is 0 Å². The molecule has 2 aromatic carbocycles. The first-order valence-electron chi connectivity index (χ1n) is 7.95. The molecule has 3 aromatic rings. The molecule has 1 aromatic heterocycles. The van der Waals surface area contributed by atoms with Crippen molar-refractivity contribution in [2.45, 2.75) is 6.92 Å². The largest absolute Gasteiger partial charge is 0.497 e. The Hall–Kier alpha value is -3.55. The van der Waals surface area contributed by atoms with Crippen molar-refractivity contribution in [2.24, 2.45) is 0 Å². The highest BCUT2D eigenvalue weighted by Gasteiger charge is 2.31. The van der Waals surface area contributed by atoms with Crippen molar-refractivity contribution in [2.75, 3.05) is 19.0 Å². The van der Waals surface area contributed by atoms with Gasteiger partial charge in [0, 0.05) is 12.1 Å². The van der Waals surface area contributed by atoms with E-state index in [1.54, 1.807) is 55.6 Å². The van der Waals surface area contributed by atoms with Crippen LogP contribution in [0.25, 0.3) is 5.69 Å². The Morgan fingerprint density at radius 3 is 2.62 bits per heavy atom. The van der Waals surface area contributed by atoms with E-state index in [2.05, 4.69) is 10.6 Å². The van der Waals surface area contributed by atoms with Crippen LogP contribution in [0, 0.1) is 0 Å². The Kier molecular flexibility index (Phi) is 5.02. The van der Waals surface area contributed by atoms with Gasteiger partial charge in [-0.05, 0) is 41.1 Å². The number of H-pyrrole nitrogens is 1. The maximum atomic E-state index is 12.7. The van der Waals surface area contributed by atoms with Crippen molar-refractivity contribution in [3.63, 3.8) is 0 Å². The summed E-state index contributed by atoms with van der Waals surface area (Å²) in [6.07, 6.45) is 0. The minimum atomic E-state index is -0.785. The molecule has 1 heterocycles. The van der Waals surface area contributed by atoms with E-state index in [1.807, 2.05) is 6.92 Å². The Labute approximate surface area is 148 Å². The summed E-state index contributed by atoms with van der Waals surface area (Å²) in [6, 6.07) is 13.8. The summed E-state index contributed by atoms with van der Waals surface area (Å²) in [6.45, 7) is 2.29. The monoisotopic (exact) mass is 356 g/mol. The van der Waals surface area contributed by atoms with Crippen molar-refractivity contribution in [1.82, 2.24) is 5.27 Å². The van der Waals surface area contributed by atoms with Crippen LogP contribution in [0.2, 0.25) is 0 Å². The van der Waals surface area contributed by atoms with Gasteiger partial charge < -0.3 is 14.8 Å². The first-order chi connectivity index (χ1) is 12.6. The van der Waals surface area contributed by atoms with Crippen LogP contribution in [0.5, 0.6) is 11.5 Å². The molecule has 0 saturated carbocycles. The maximum Gasteiger partial charge on any atom is 0.441 e.